The smallest absolute Gasteiger partial charge is 0.375 e. The minimum absolute atomic E-state index is 0.0223. The quantitative estimate of drug-likeness (QED) is 0.464. The highest BCUT2D eigenvalue weighted by Crippen LogP contribution is 2.36. The van der Waals surface area contributed by atoms with Crippen LogP contribution in [0.5, 0.6) is 0 Å². The molecule has 2 aromatic carbocycles. The molecule has 0 radical (unpaired) electrons. The maximum absolute atomic E-state index is 14.2. The Morgan fingerprint density at radius 1 is 1.11 bits per heavy atom. The number of ether oxygens (including phenoxy) is 1. The Bertz CT molecular complexity index is 1180. The van der Waals surface area contributed by atoms with Crippen molar-refractivity contribution in [2.45, 2.75) is 43.2 Å². The molecule has 3 saturated heterocycles. The van der Waals surface area contributed by atoms with Crippen molar-refractivity contribution >= 4 is 29.1 Å². The lowest BCUT2D eigenvalue weighted by molar-refractivity contribution is -0.140. The molecule has 0 saturated carbocycles. The van der Waals surface area contributed by atoms with Crippen molar-refractivity contribution in [1.29, 1.82) is 0 Å². The van der Waals surface area contributed by atoms with Crippen molar-refractivity contribution in [3.63, 3.8) is 0 Å². The molecule has 3 aliphatic heterocycles. The largest absolute Gasteiger partial charge is 0.419 e. The number of benzene rings is 2. The van der Waals surface area contributed by atoms with Crippen LogP contribution >= 0.6 is 23.2 Å². The molecule has 37 heavy (non-hydrogen) atoms. The van der Waals surface area contributed by atoms with E-state index in [1.165, 1.54) is 6.07 Å². The van der Waals surface area contributed by atoms with Gasteiger partial charge in [0, 0.05) is 44.2 Å². The van der Waals surface area contributed by atoms with E-state index in [-0.39, 0.29) is 36.6 Å². The van der Waals surface area contributed by atoms with Gasteiger partial charge in [0.1, 0.15) is 5.82 Å². The van der Waals surface area contributed by atoms with Crippen molar-refractivity contribution in [2.75, 3.05) is 39.8 Å². The summed E-state index contributed by atoms with van der Waals surface area (Å²) in [6.07, 6.45) is -3.60. The first-order valence-electron chi connectivity index (χ1n) is 12.1. The number of morpholine rings is 1. The number of alkyl halides is 3. The number of nitrogens with zero attached hydrogens (tertiary/aromatic N) is 3. The summed E-state index contributed by atoms with van der Waals surface area (Å²) >= 11 is 12.4. The van der Waals surface area contributed by atoms with E-state index in [0.29, 0.717) is 41.8 Å². The van der Waals surface area contributed by atoms with Gasteiger partial charge in [0.2, 0.25) is 5.91 Å². The topological polar surface area (TPSA) is 36.0 Å². The van der Waals surface area contributed by atoms with Gasteiger partial charge in [-0.3, -0.25) is 14.6 Å². The molecular weight excluding hydrogens is 533 g/mol. The highest BCUT2D eigenvalue weighted by atomic mass is 35.5. The van der Waals surface area contributed by atoms with Crippen molar-refractivity contribution < 1.29 is 27.1 Å². The summed E-state index contributed by atoms with van der Waals surface area (Å²) in [6.45, 7) is 2.83. The summed E-state index contributed by atoms with van der Waals surface area (Å²) in [5.74, 6) is -1.39. The van der Waals surface area contributed by atoms with Gasteiger partial charge < -0.3 is 9.64 Å². The van der Waals surface area contributed by atoms with Crippen LogP contribution in [0.2, 0.25) is 10.0 Å². The second-order valence-electron chi connectivity index (χ2n) is 10.1. The lowest BCUT2D eigenvalue weighted by Gasteiger charge is -2.30. The van der Waals surface area contributed by atoms with Gasteiger partial charge in [-0.15, -0.1) is 0 Å². The zero-order valence-electron chi connectivity index (χ0n) is 20.1. The second kappa shape index (κ2) is 10.3. The fourth-order valence-corrected chi connectivity index (χ4v) is 6.05. The molecule has 1 amide bonds. The number of likely N-dealkylation sites (tertiary alicyclic amines) is 2. The highest BCUT2D eigenvalue weighted by Gasteiger charge is 2.43. The number of carbonyl (C=O) groups is 1. The summed E-state index contributed by atoms with van der Waals surface area (Å²) < 4.78 is 58.8. The maximum Gasteiger partial charge on any atom is 0.419 e. The average molecular weight is 560 g/mol. The molecule has 0 spiro atoms. The molecule has 2 bridgehead atoms. The summed E-state index contributed by atoms with van der Waals surface area (Å²) in [5.41, 5.74) is 0.0405. The standard InChI is InChI=1S/C26H27Cl2F4N3O2/c1-33(9-15-2-4-20(23(29)6-15)26(30,31)32)24-12-35(11-19(24)16-3-5-21(27)22(28)7-16)25(36)13-34-10-18-8-17(34)14-37-18/h2-7,17-19,24H,8-14H2,1H3. The molecule has 3 fully saturated rings. The van der Waals surface area contributed by atoms with E-state index >= 15 is 0 Å². The van der Waals surface area contributed by atoms with E-state index in [9.17, 15) is 22.4 Å². The number of halogens is 6. The molecule has 0 aromatic heterocycles. The Hall–Kier alpha value is -1.91. The summed E-state index contributed by atoms with van der Waals surface area (Å²) in [5, 5.41) is 0.830. The number of amides is 1. The van der Waals surface area contributed by atoms with Crippen LogP contribution in [-0.4, -0.2) is 78.6 Å². The Labute approximate surface area is 222 Å². The van der Waals surface area contributed by atoms with Crippen LogP contribution in [0, 0.1) is 5.82 Å². The van der Waals surface area contributed by atoms with Crippen LogP contribution in [0.1, 0.15) is 29.0 Å². The minimum atomic E-state index is -4.75. The Kier molecular flexibility index (Phi) is 7.46. The van der Waals surface area contributed by atoms with Crippen LogP contribution in [-0.2, 0) is 22.3 Å². The molecule has 11 heteroatoms. The van der Waals surface area contributed by atoms with Gasteiger partial charge >= 0.3 is 6.18 Å². The molecule has 3 aliphatic rings. The number of hydrogen-bond acceptors (Lipinski definition) is 4. The SMILES string of the molecule is CN(Cc1ccc(C(F)(F)F)c(F)c1)C1CN(C(=O)CN2CC3CC2CO3)CC1c1ccc(Cl)c(Cl)c1. The van der Waals surface area contributed by atoms with Gasteiger partial charge in [0.05, 0.1) is 34.9 Å². The molecule has 5 rings (SSSR count). The monoisotopic (exact) mass is 559 g/mol. The van der Waals surface area contributed by atoms with Gasteiger partial charge in [-0.2, -0.15) is 13.2 Å². The molecule has 4 unspecified atom stereocenters. The van der Waals surface area contributed by atoms with Gasteiger partial charge in [-0.05, 0) is 48.9 Å². The first kappa shape index (κ1) is 26.7. The number of fused-ring (bicyclic) bond motifs is 2. The van der Waals surface area contributed by atoms with Gasteiger partial charge in [0.15, 0.2) is 0 Å². The molecular formula is C26H27Cl2F4N3O2. The molecule has 0 aliphatic carbocycles. The molecule has 3 heterocycles. The van der Waals surface area contributed by atoms with Crippen molar-refractivity contribution in [2.24, 2.45) is 0 Å². The van der Waals surface area contributed by atoms with Crippen LogP contribution in [0.15, 0.2) is 36.4 Å². The molecule has 5 nitrogen and oxygen atoms in total. The van der Waals surface area contributed by atoms with Crippen LogP contribution in [0.25, 0.3) is 0 Å². The number of likely N-dealkylation sites (N-methyl/N-ethyl adjacent to an activating group) is 1. The number of carbonyl (C=O) groups excluding carboxylic acids is 1. The van der Waals surface area contributed by atoms with Gasteiger partial charge in [-0.25, -0.2) is 4.39 Å². The van der Waals surface area contributed by atoms with Crippen molar-refractivity contribution in [3.05, 3.63) is 69.0 Å². The fraction of sp³-hybridized carbons (Fsp3) is 0.500. The average Bonchev–Trinajstić information content (AvgIpc) is 3.56. The lowest BCUT2D eigenvalue weighted by atomic mass is 9.93. The third-order valence-electron chi connectivity index (χ3n) is 7.70. The number of hydrogen-bond donors (Lipinski definition) is 0. The summed E-state index contributed by atoms with van der Waals surface area (Å²) in [7, 11) is 1.83. The van der Waals surface area contributed by atoms with E-state index in [1.54, 1.807) is 12.1 Å². The van der Waals surface area contributed by atoms with Gasteiger partial charge in [-0.1, -0.05) is 35.3 Å². The first-order valence-corrected chi connectivity index (χ1v) is 12.9. The Morgan fingerprint density at radius 3 is 2.51 bits per heavy atom. The molecule has 0 N–H and O–H groups in total. The Morgan fingerprint density at radius 2 is 1.89 bits per heavy atom. The third kappa shape index (κ3) is 5.61. The predicted molar refractivity (Wildman–Crippen MR) is 132 cm³/mol. The van der Waals surface area contributed by atoms with Gasteiger partial charge in [0.25, 0.3) is 0 Å². The van der Waals surface area contributed by atoms with E-state index in [4.69, 9.17) is 27.9 Å². The summed E-state index contributed by atoms with van der Waals surface area (Å²) in [4.78, 5) is 19.3. The lowest BCUT2D eigenvalue weighted by Crippen LogP contribution is -2.45. The first-order chi connectivity index (χ1) is 17.5. The van der Waals surface area contributed by atoms with E-state index in [2.05, 4.69) is 4.90 Å². The Balaban J connectivity index is 1.34. The van der Waals surface area contributed by atoms with E-state index in [0.717, 1.165) is 30.7 Å². The molecule has 2 aromatic rings. The molecule has 4 atom stereocenters. The van der Waals surface area contributed by atoms with Crippen molar-refractivity contribution in [3.8, 4) is 0 Å². The van der Waals surface area contributed by atoms with E-state index < -0.39 is 17.6 Å². The fourth-order valence-electron chi connectivity index (χ4n) is 5.75. The minimum Gasteiger partial charge on any atom is -0.375 e. The second-order valence-corrected chi connectivity index (χ2v) is 11.0. The van der Waals surface area contributed by atoms with Crippen LogP contribution in [0.4, 0.5) is 17.6 Å². The third-order valence-corrected chi connectivity index (χ3v) is 8.44. The van der Waals surface area contributed by atoms with Crippen molar-refractivity contribution in [1.82, 2.24) is 14.7 Å². The zero-order valence-corrected chi connectivity index (χ0v) is 21.7. The summed E-state index contributed by atoms with van der Waals surface area (Å²) in [6, 6.07) is 8.48. The molecule has 200 valence electrons. The van der Waals surface area contributed by atoms with Crippen LogP contribution in [0.3, 0.4) is 0 Å². The predicted octanol–water partition coefficient (Wildman–Crippen LogP) is 5.05. The van der Waals surface area contributed by atoms with E-state index in [1.807, 2.05) is 22.9 Å². The zero-order chi connectivity index (χ0) is 26.5. The number of rotatable bonds is 6. The maximum atomic E-state index is 14.2. The highest BCUT2D eigenvalue weighted by molar-refractivity contribution is 6.42. The van der Waals surface area contributed by atoms with Crippen LogP contribution < -0.4 is 0 Å². The normalized spacial score (nSPS) is 26.0.